The summed E-state index contributed by atoms with van der Waals surface area (Å²) in [6.45, 7) is 0.533. The van der Waals surface area contributed by atoms with E-state index < -0.39 is 30.0 Å². The summed E-state index contributed by atoms with van der Waals surface area (Å²) < 4.78 is 54.0. The molecule has 1 heterocycles. The standard InChI is InChI=1S/C30H26ClF3N2O6/c1-40-24-12-22(13-25(14-24)41-16-17-10-20(11-17)29(38)39)35-27(19-2-5-21(31)6-3-19)28(37)36-9-8-18-4-7-23(15-26(18)36)42-30(32,33)34/h2-7,10,12-15,17,27,35H,8-9,11,16H2,1H3,(H,38,39)/t17-,27?/m0/s1. The van der Waals surface area contributed by atoms with Crippen molar-refractivity contribution in [3.05, 3.63) is 88.5 Å². The molecule has 1 aliphatic carbocycles. The normalized spacial score (nSPS) is 16.5. The summed E-state index contributed by atoms with van der Waals surface area (Å²) in [4.78, 5) is 26.5. The van der Waals surface area contributed by atoms with Crippen molar-refractivity contribution in [2.75, 3.05) is 30.5 Å². The summed E-state index contributed by atoms with van der Waals surface area (Å²) in [5.74, 6) is -0.898. The van der Waals surface area contributed by atoms with Crippen LogP contribution in [0.5, 0.6) is 17.2 Å². The Labute approximate surface area is 244 Å². The quantitative estimate of drug-likeness (QED) is 0.277. The number of hydrogen-bond donors (Lipinski definition) is 2. The first-order valence-electron chi connectivity index (χ1n) is 13.0. The van der Waals surface area contributed by atoms with E-state index >= 15 is 0 Å². The third-order valence-electron chi connectivity index (χ3n) is 6.99. The number of nitrogens with one attached hydrogen (secondary N) is 1. The second-order valence-corrected chi connectivity index (χ2v) is 10.3. The number of ether oxygens (including phenoxy) is 3. The minimum Gasteiger partial charge on any atom is -0.497 e. The predicted octanol–water partition coefficient (Wildman–Crippen LogP) is 6.40. The van der Waals surface area contributed by atoms with Crippen molar-refractivity contribution in [1.82, 2.24) is 0 Å². The molecule has 2 atom stereocenters. The van der Waals surface area contributed by atoms with E-state index in [1.54, 1.807) is 48.5 Å². The molecule has 12 heteroatoms. The fourth-order valence-corrected chi connectivity index (χ4v) is 5.04. The zero-order valence-electron chi connectivity index (χ0n) is 22.3. The van der Waals surface area contributed by atoms with E-state index in [-0.39, 0.29) is 19.1 Å². The Morgan fingerprint density at radius 1 is 1.07 bits per heavy atom. The number of fused-ring (bicyclic) bond motifs is 1. The Balaban J connectivity index is 1.41. The van der Waals surface area contributed by atoms with Gasteiger partial charge in [0.25, 0.3) is 5.91 Å². The highest BCUT2D eigenvalue weighted by Crippen LogP contribution is 2.37. The first kappa shape index (κ1) is 29.1. The number of hydrogen-bond acceptors (Lipinski definition) is 6. The Morgan fingerprint density at radius 2 is 1.79 bits per heavy atom. The molecule has 3 aromatic rings. The van der Waals surface area contributed by atoms with Gasteiger partial charge in [-0.15, -0.1) is 13.2 Å². The Bertz CT molecular complexity index is 1530. The summed E-state index contributed by atoms with van der Waals surface area (Å²) in [6.07, 6.45) is -2.34. The number of carbonyl (C=O) groups excluding carboxylic acids is 1. The highest BCUT2D eigenvalue weighted by molar-refractivity contribution is 6.30. The van der Waals surface area contributed by atoms with Gasteiger partial charge in [-0.25, -0.2) is 4.79 Å². The highest BCUT2D eigenvalue weighted by Gasteiger charge is 2.35. The number of aliphatic carboxylic acids is 1. The number of alkyl halides is 3. The number of methoxy groups -OCH3 is 1. The molecular weight excluding hydrogens is 577 g/mol. The summed E-state index contributed by atoms with van der Waals surface area (Å²) in [7, 11) is 1.49. The molecule has 0 saturated heterocycles. The van der Waals surface area contributed by atoms with Gasteiger partial charge in [0.2, 0.25) is 0 Å². The maximum Gasteiger partial charge on any atom is 0.573 e. The van der Waals surface area contributed by atoms with E-state index in [0.29, 0.717) is 51.9 Å². The van der Waals surface area contributed by atoms with E-state index in [0.717, 1.165) is 5.56 Å². The molecule has 5 rings (SSSR count). The van der Waals surface area contributed by atoms with Crippen LogP contribution in [-0.4, -0.2) is 43.6 Å². The van der Waals surface area contributed by atoms with E-state index in [2.05, 4.69) is 10.1 Å². The van der Waals surface area contributed by atoms with Crippen molar-refractivity contribution in [2.24, 2.45) is 5.92 Å². The lowest BCUT2D eigenvalue weighted by molar-refractivity contribution is -0.274. The number of benzene rings is 3. The minimum absolute atomic E-state index is 0.0384. The van der Waals surface area contributed by atoms with E-state index in [1.807, 2.05) is 0 Å². The molecule has 220 valence electrons. The first-order chi connectivity index (χ1) is 20.0. The molecule has 2 aliphatic rings. The Kier molecular flexibility index (Phi) is 8.22. The van der Waals surface area contributed by atoms with Crippen molar-refractivity contribution >= 4 is 34.9 Å². The first-order valence-corrected chi connectivity index (χ1v) is 13.3. The van der Waals surface area contributed by atoms with Crippen LogP contribution in [-0.2, 0) is 16.0 Å². The van der Waals surface area contributed by atoms with Crippen LogP contribution in [0.4, 0.5) is 24.5 Å². The minimum atomic E-state index is -4.87. The van der Waals surface area contributed by atoms with Gasteiger partial charge in [-0.05, 0) is 42.2 Å². The lowest BCUT2D eigenvalue weighted by Gasteiger charge is -2.27. The SMILES string of the molecule is COc1cc(NC(C(=O)N2CCc3ccc(OC(F)(F)F)cc32)c2ccc(Cl)cc2)cc(OC[C@H]2C=C(C(=O)O)C2)c1. The van der Waals surface area contributed by atoms with Crippen molar-refractivity contribution in [3.63, 3.8) is 0 Å². The smallest absolute Gasteiger partial charge is 0.497 e. The zero-order valence-corrected chi connectivity index (χ0v) is 23.0. The van der Waals surface area contributed by atoms with Gasteiger partial charge in [-0.2, -0.15) is 0 Å². The summed E-state index contributed by atoms with van der Waals surface area (Å²) >= 11 is 6.09. The fraction of sp³-hybridized carbons (Fsp3) is 0.267. The number of carboxylic acid groups (broad SMARTS) is 1. The highest BCUT2D eigenvalue weighted by atomic mass is 35.5. The second kappa shape index (κ2) is 11.8. The van der Waals surface area contributed by atoms with Gasteiger partial charge in [0, 0.05) is 53.0 Å². The van der Waals surface area contributed by atoms with Gasteiger partial charge in [-0.1, -0.05) is 35.9 Å². The van der Waals surface area contributed by atoms with Crippen LogP contribution in [0.1, 0.15) is 23.6 Å². The van der Waals surface area contributed by atoms with Gasteiger partial charge in [-0.3, -0.25) is 4.79 Å². The maximum absolute atomic E-state index is 14.0. The number of halogens is 4. The lowest BCUT2D eigenvalue weighted by Crippen LogP contribution is -2.37. The van der Waals surface area contributed by atoms with Crippen LogP contribution in [0, 0.1) is 5.92 Å². The molecule has 0 bridgehead atoms. The molecular formula is C30H26ClF3N2O6. The molecule has 0 saturated carbocycles. The molecule has 0 radical (unpaired) electrons. The number of nitrogens with zero attached hydrogens (tertiary/aromatic N) is 1. The summed E-state index contributed by atoms with van der Waals surface area (Å²) in [6, 6.07) is 14.7. The van der Waals surface area contributed by atoms with Crippen LogP contribution in [0.2, 0.25) is 5.02 Å². The van der Waals surface area contributed by atoms with Crippen LogP contribution in [0.25, 0.3) is 0 Å². The van der Waals surface area contributed by atoms with Crippen molar-refractivity contribution in [1.29, 1.82) is 0 Å². The van der Waals surface area contributed by atoms with Crippen molar-refractivity contribution in [2.45, 2.75) is 25.2 Å². The van der Waals surface area contributed by atoms with Crippen molar-refractivity contribution < 1.29 is 42.1 Å². The fourth-order valence-electron chi connectivity index (χ4n) is 4.91. The average molecular weight is 603 g/mol. The van der Waals surface area contributed by atoms with Crippen LogP contribution < -0.4 is 24.4 Å². The summed E-state index contributed by atoms with van der Waals surface area (Å²) in [5, 5.41) is 12.8. The van der Waals surface area contributed by atoms with Crippen molar-refractivity contribution in [3.8, 4) is 17.2 Å². The summed E-state index contributed by atoms with van der Waals surface area (Å²) in [5.41, 5.74) is 2.47. The third-order valence-corrected chi connectivity index (χ3v) is 7.24. The number of anilines is 2. The molecule has 1 unspecified atom stereocenters. The van der Waals surface area contributed by atoms with Gasteiger partial charge < -0.3 is 29.5 Å². The topological polar surface area (TPSA) is 97.3 Å². The molecule has 0 aromatic heterocycles. The third kappa shape index (κ3) is 6.73. The second-order valence-electron chi connectivity index (χ2n) is 9.88. The van der Waals surface area contributed by atoms with Gasteiger partial charge in [0.1, 0.15) is 23.3 Å². The molecule has 42 heavy (non-hydrogen) atoms. The van der Waals surface area contributed by atoms with Gasteiger partial charge >= 0.3 is 12.3 Å². The van der Waals surface area contributed by atoms with Crippen LogP contribution >= 0.6 is 11.6 Å². The van der Waals surface area contributed by atoms with E-state index in [9.17, 15) is 22.8 Å². The molecule has 3 aromatic carbocycles. The van der Waals surface area contributed by atoms with Crippen LogP contribution in [0.15, 0.2) is 72.3 Å². The number of carboxylic acids is 1. The molecule has 1 aliphatic heterocycles. The number of carbonyl (C=O) groups is 2. The molecule has 0 spiro atoms. The van der Waals surface area contributed by atoms with Crippen LogP contribution in [0.3, 0.4) is 0 Å². The number of amides is 1. The lowest BCUT2D eigenvalue weighted by atomic mass is 9.87. The maximum atomic E-state index is 14.0. The molecule has 2 N–H and O–H groups in total. The Morgan fingerprint density at radius 3 is 2.45 bits per heavy atom. The average Bonchev–Trinajstić information content (AvgIpc) is 3.33. The van der Waals surface area contributed by atoms with Gasteiger partial charge in [0.15, 0.2) is 0 Å². The van der Waals surface area contributed by atoms with E-state index in [4.69, 9.17) is 26.2 Å². The molecule has 8 nitrogen and oxygen atoms in total. The zero-order chi connectivity index (χ0) is 30.0. The van der Waals surface area contributed by atoms with Gasteiger partial charge in [0.05, 0.1) is 19.4 Å². The monoisotopic (exact) mass is 602 g/mol. The van der Waals surface area contributed by atoms with E-state index in [1.165, 1.54) is 30.2 Å². The largest absolute Gasteiger partial charge is 0.573 e. The molecule has 1 amide bonds. The number of rotatable bonds is 10. The molecule has 0 fully saturated rings. The Hall–Kier alpha value is -4.38. The predicted molar refractivity (Wildman–Crippen MR) is 149 cm³/mol.